The van der Waals surface area contributed by atoms with Crippen molar-refractivity contribution in [2.75, 3.05) is 39.6 Å². The van der Waals surface area contributed by atoms with E-state index in [1.54, 1.807) is 0 Å². The van der Waals surface area contributed by atoms with Crippen LogP contribution >= 0.6 is 15.6 Å². The Morgan fingerprint density at radius 1 is 0.356 bits per heavy atom. The monoisotopic (exact) mass is 1280 g/mol. The molecule has 0 radical (unpaired) electrons. The highest BCUT2D eigenvalue weighted by molar-refractivity contribution is 7.47. The summed E-state index contributed by atoms with van der Waals surface area (Å²) in [6, 6.07) is 0. The van der Waals surface area contributed by atoms with Gasteiger partial charge in [0.15, 0.2) is 12.2 Å². The van der Waals surface area contributed by atoms with Crippen molar-refractivity contribution < 1.29 is 80.2 Å². The van der Waals surface area contributed by atoms with Crippen LogP contribution in [0, 0.1) is 17.8 Å². The number of carbonyl (C=O) groups is 4. The van der Waals surface area contributed by atoms with E-state index in [-0.39, 0.29) is 25.7 Å². The third-order valence-electron chi connectivity index (χ3n) is 15.0. The molecule has 512 valence electrons. The second-order valence-electron chi connectivity index (χ2n) is 25.3. The van der Waals surface area contributed by atoms with Gasteiger partial charge in [0, 0.05) is 25.7 Å². The van der Waals surface area contributed by atoms with E-state index in [9.17, 15) is 43.2 Å². The summed E-state index contributed by atoms with van der Waals surface area (Å²) in [6.07, 6.45) is 44.2. The molecule has 0 fully saturated rings. The zero-order valence-electron chi connectivity index (χ0n) is 56.0. The van der Waals surface area contributed by atoms with E-state index in [0.29, 0.717) is 37.5 Å². The molecule has 0 bridgehead atoms. The zero-order valence-corrected chi connectivity index (χ0v) is 57.7. The van der Waals surface area contributed by atoms with Crippen molar-refractivity contribution in [3.8, 4) is 0 Å². The molecule has 0 saturated heterocycles. The van der Waals surface area contributed by atoms with Crippen molar-refractivity contribution in [1.82, 2.24) is 0 Å². The maximum absolute atomic E-state index is 13.0. The molecular formula is C68H128O17P2. The first-order chi connectivity index (χ1) is 41.7. The molecule has 0 spiro atoms. The first-order valence-electron chi connectivity index (χ1n) is 34.7. The average molecular weight is 1280 g/mol. The minimum atomic E-state index is -4.96. The normalized spacial score (nSPS) is 14.4. The fourth-order valence-electron chi connectivity index (χ4n) is 9.65. The first kappa shape index (κ1) is 84.5. The van der Waals surface area contributed by atoms with Gasteiger partial charge in [-0.3, -0.25) is 37.3 Å². The van der Waals surface area contributed by atoms with Gasteiger partial charge in [0.05, 0.1) is 26.4 Å². The molecule has 0 saturated carbocycles. The molecule has 0 heterocycles. The van der Waals surface area contributed by atoms with Gasteiger partial charge in [0.25, 0.3) is 0 Å². The van der Waals surface area contributed by atoms with E-state index < -0.39 is 97.5 Å². The first-order valence-corrected chi connectivity index (χ1v) is 37.7. The molecule has 0 amide bonds. The highest BCUT2D eigenvalue weighted by Gasteiger charge is 2.30. The summed E-state index contributed by atoms with van der Waals surface area (Å²) in [5, 5.41) is 10.6. The van der Waals surface area contributed by atoms with Crippen LogP contribution in [0.4, 0.5) is 0 Å². The second kappa shape index (κ2) is 58.6. The Labute approximate surface area is 529 Å². The van der Waals surface area contributed by atoms with E-state index in [1.165, 1.54) is 96.3 Å². The molecular weight excluding hydrogens is 1150 g/mol. The van der Waals surface area contributed by atoms with Crippen LogP contribution in [0.3, 0.4) is 0 Å². The molecule has 3 N–H and O–H groups in total. The third kappa shape index (κ3) is 62.1. The molecule has 0 aliphatic rings. The SMILES string of the molecule is CCCCCC/C=C\C=C/CCCCCCCC(=O)OC[C@H](COP(=O)(O)OCC(O)COP(=O)(O)OC[C@@H](COC(=O)CCCCCCCCCC(C)C)OC(=O)CCCCCCCCC(C)C)OC(=O)CCCCCCCCCCCCC(C)C. The summed E-state index contributed by atoms with van der Waals surface area (Å²) in [5.74, 6) is -0.0453. The standard InChI is InChI=1S/C68H128O17P2/c1-8-9-10-11-12-13-14-15-16-17-18-22-27-35-42-49-65(70)78-55-63(84-67(72)51-44-37-28-23-20-19-21-25-32-39-46-59(2)3)57-82-86(74,75)80-53-62(69)54-81-87(76,77)83-58-64(85-68(73)52-45-38-31-30-34-41-48-61(6)7)56-79-66(71)50-43-36-29-24-26-33-40-47-60(4)5/h13-16,59-64,69H,8-12,17-58H2,1-7H3,(H,74,75)(H,76,77)/b14-13-,16-15-/t62?,63-,64-/m1/s1. The Morgan fingerprint density at radius 2 is 0.621 bits per heavy atom. The molecule has 0 aromatic rings. The van der Waals surface area contributed by atoms with Gasteiger partial charge in [0.2, 0.25) is 0 Å². The molecule has 3 unspecified atom stereocenters. The lowest BCUT2D eigenvalue weighted by Crippen LogP contribution is -2.30. The topological polar surface area (TPSA) is 237 Å². The van der Waals surface area contributed by atoms with Gasteiger partial charge in [-0.15, -0.1) is 0 Å². The van der Waals surface area contributed by atoms with E-state index in [2.05, 4.69) is 72.8 Å². The van der Waals surface area contributed by atoms with Crippen LogP contribution in [-0.4, -0.2) is 96.7 Å². The number of phosphoric acid groups is 2. The van der Waals surface area contributed by atoms with Crippen LogP contribution in [0.5, 0.6) is 0 Å². The number of esters is 4. The number of phosphoric ester groups is 2. The maximum atomic E-state index is 13.0. The number of hydrogen-bond acceptors (Lipinski definition) is 15. The molecule has 0 aromatic carbocycles. The summed E-state index contributed by atoms with van der Waals surface area (Å²) in [4.78, 5) is 72.3. The lowest BCUT2D eigenvalue weighted by atomic mass is 10.0. The number of rotatable bonds is 64. The number of carbonyl (C=O) groups excluding carboxylic acids is 4. The third-order valence-corrected chi connectivity index (χ3v) is 16.9. The fraction of sp³-hybridized carbons (Fsp3) is 0.882. The average Bonchev–Trinajstić information content (AvgIpc) is 3.69. The lowest BCUT2D eigenvalue weighted by Gasteiger charge is -2.21. The van der Waals surface area contributed by atoms with Crippen molar-refractivity contribution in [2.24, 2.45) is 17.8 Å². The van der Waals surface area contributed by atoms with Gasteiger partial charge in [-0.1, -0.05) is 259 Å². The van der Waals surface area contributed by atoms with Crippen molar-refractivity contribution in [2.45, 2.75) is 330 Å². The Balaban J connectivity index is 5.27. The molecule has 17 nitrogen and oxygen atoms in total. The summed E-state index contributed by atoms with van der Waals surface area (Å²) in [5.41, 5.74) is 0. The Bertz CT molecular complexity index is 1810. The number of aliphatic hydroxyl groups is 1. The second-order valence-corrected chi connectivity index (χ2v) is 28.2. The quantitative estimate of drug-likeness (QED) is 0.0169. The summed E-state index contributed by atoms with van der Waals surface area (Å²) < 4.78 is 68.1. The minimum Gasteiger partial charge on any atom is -0.462 e. The number of aliphatic hydroxyl groups excluding tert-OH is 1. The van der Waals surface area contributed by atoms with Gasteiger partial charge >= 0.3 is 39.5 Å². The molecule has 87 heavy (non-hydrogen) atoms. The van der Waals surface area contributed by atoms with Gasteiger partial charge in [-0.2, -0.15) is 0 Å². The predicted octanol–water partition coefficient (Wildman–Crippen LogP) is 18.6. The molecule has 0 aliphatic carbocycles. The highest BCUT2D eigenvalue weighted by Crippen LogP contribution is 2.45. The Kier molecular flexibility index (Phi) is 57.0. The summed E-state index contributed by atoms with van der Waals surface area (Å²) in [7, 11) is -9.91. The van der Waals surface area contributed by atoms with E-state index in [1.807, 2.05) is 0 Å². The number of unbranched alkanes of at least 4 members (excludes halogenated alkanes) is 29. The van der Waals surface area contributed by atoms with Crippen LogP contribution in [0.2, 0.25) is 0 Å². The van der Waals surface area contributed by atoms with Crippen LogP contribution in [0.25, 0.3) is 0 Å². The van der Waals surface area contributed by atoms with Crippen molar-refractivity contribution in [3.63, 3.8) is 0 Å². The number of hydrogen-bond donors (Lipinski definition) is 3. The van der Waals surface area contributed by atoms with E-state index in [0.717, 1.165) is 121 Å². The zero-order chi connectivity index (χ0) is 64.5. The van der Waals surface area contributed by atoms with Gasteiger partial charge in [0.1, 0.15) is 19.3 Å². The van der Waals surface area contributed by atoms with Crippen molar-refractivity contribution in [3.05, 3.63) is 24.3 Å². The molecule has 0 rings (SSSR count). The molecule has 0 aromatic heterocycles. The van der Waals surface area contributed by atoms with Gasteiger partial charge < -0.3 is 33.8 Å². The minimum absolute atomic E-state index is 0.0983. The summed E-state index contributed by atoms with van der Waals surface area (Å²) >= 11 is 0. The highest BCUT2D eigenvalue weighted by atomic mass is 31.2. The maximum Gasteiger partial charge on any atom is 0.472 e. The smallest absolute Gasteiger partial charge is 0.462 e. The molecule has 5 atom stereocenters. The van der Waals surface area contributed by atoms with Crippen LogP contribution in [-0.2, 0) is 65.4 Å². The van der Waals surface area contributed by atoms with Crippen molar-refractivity contribution >= 4 is 39.5 Å². The van der Waals surface area contributed by atoms with Crippen LogP contribution < -0.4 is 0 Å². The van der Waals surface area contributed by atoms with Gasteiger partial charge in [-0.25, -0.2) is 9.13 Å². The summed E-state index contributed by atoms with van der Waals surface area (Å²) in [6.45, 7) is 11.6. The van der Waals surface area contributed by atoms with Gasteiger partial charge in [-0.05, 0) is 69.1 Å². The fourth-order valence-corrected chi connectivity index (χ4v) is 11.2. The van der Waals surface area contributed by atoms with Crippen molar-refractivity contribution in [1.29, 1.82) is 0 Å². The Hall–Kier alpha value is -2.46. The van der Waals surface area contributed by atoms with Crippen LogP contribution in [0.1, 0.15) is 312 Å². The Morgan fingerprint density at radius 3 is 0.931 bits per heavy atom. The van der Waals surface area contributed by atoms with Crippen LogP contribution in [0.15, 0.2) is 24.3 Å². The molecule has 19 heteroatoms. The largest absolute Gasteiger partial charge is 0.472 e. The van der Waals surface area contributed by atoms with E-state index in [4.69, 9.17) is 37.0 Å². The number of allylic oxidation sites excluding steroid dienone is 4. The predicted molar refractivity (Wildman–Crippen MR) is 349 cm³/mol. The molecule has 0 aliphatic heterocycles. The number of ether oxygens (including phenoxy) is 4. The lowest BCUT2D eigenvalue weighted by molar-refractivity contribution is -0.161. The van der Waals surface area contributed by atoms with E-state index >= 15 is 0 Å².